The van der Waals surface area contributed by atoms with Crippen molar-refractivity contribution in [2.45, 2.75) is 19.5 Å². The molecule has 1 nitrogen and oxygen atoms in total. The summed E-state index contributed by atoms with van der Waals surface area (Å²) in [4.78, 5) is 0.143. The van der Waals surface area contributed by atoms with Gasteiger partial charge in [0.25, 0.3) is 6.43 Å². The molecule has 12 heavy (non-hydrogen) atoms. The lowest BCUT2D eigenvalue weighted by atomic mass is 10.2. The second-order valence-corrected chi connectivity index (χ2v) is 3.67. The summed E-state index contributed by atoms with van der Waals surface area (Å²) in [7, 11) is 0. The van der Waals surface area contributed by atoms with Gasteiger partial charge in [0.1, 0.15) is 0 Å². The molecule has 0 fully saturated rings. The van der Waals surface area contributed by atoms with E-state index >= 15 is 0 Å². The predicted molar refractivity (Wildman–Crippen MR) is 45.0 cm³/mol. The first-order valence-corrected chi connectivity index (χ1v) is 4.49. The minimum atomic E-state index is -2.78. The molecule has 0 aliphatic heterocycles. The van der Waals surface area contributed by atoms with Crippen LogP contribution in [0.1, 0.15) is 16.5 Å². The summed E-state index contributed by atoms with van der Waals surface area (Å²) in [6, 6.07) is 0. The number of rotatable bonds is 2. The molecule has 0 bridgehead atoms. The standard InChI is InChI=1S/C7H7ClF2OS/c1-3-2-12-6(4(3)8)5(11)7(9)10/h2,5,7,11H,1H3. The molecule has 1 aromatic rings. The summed E-state index contributed by atoms with van der Waals surface area (Å²) < 4.78 is 24.0. The summed E-state index contributed by atoms with van der Waals surface area (Å²) >= 11 is 6.72. The van der Waals surface area contributed by atoms with Gasteiger partial charge in [-0.3, -0.25) is 0 Å². The third kappa shape index (κ3) is 1.76. The molecule has 1 N–H and O–H groups in total. The highest BCUT2D eigenvalue weighted by Crippen LogP contribution is 2.34. The molecule has 0 spiro atoms. The van der Waals surface area contributed by atoms with E-state index in [4.69, 9.17) is 16.7 Å². The molecule has 1 aromatic heterocycles. The van der Waals surface area contributed by atoms with Crippen LogP contribution in [-0.2, 0) is 0 Å². The summed E-state index contributed by atoms with van der Waals surface area (Å²) in [5, 5.41) is 10.9. The fraction of sp³-hybridized carbons (Fsp3) is 0.429. The largest absolute Gasteiger partial charge is 0.382 e. The number of halogens is 3. The number of hydrogen-bond acceptors (Lipinski definition) is 2. The number of alkyl halides is 2. The fourth-order valence-corrected chi connectivity index (χ4v) is 2.06. The molecule has 1 unspecified atom stereocenters. The maximum absolute atomic E-state index is 12.0. The van der Waals surface area contributed by atoms with E-state index in [0.29, 0.717) is 0 Å². The predicted octanol–water partition coefficient (Wildman–Crippen LogP) is 3.01. The smallest absolute Gasteiger partial charge is 0.269 e. The van der Waals surface area contributed by atoms with Gasteiger partial charge in [-0.05, 0) is 17.9 Å². The van der Waals surface area contributed by atoms with Crippen molar-refractivity contribution in [3.05, 3.63) is 20.8 Å². The molecule has 0 radical (unpaired) electrons. The molecular formula is C7H7ClF2OS. The SMILES string of the molecule is Cc1csc(C(O)C(F)F)c1Cl. The van der Waals surface area contributed by atoms with E-state index in [-0.39, 0.29) is 9.90 Å². The number of aryl methyl sites for hydroxylation is 1. The second kappa shape index (κ2) is 3.68. The molecular weight excluding hydrogens is 206 g/mol. The van der Waals surface area contributed by atoms with Crippen LogP contribution in [0.3, 0.4) is 0 Å². The second-order valence-electron chi connectivity index (χ2n) is 2.38. The van der Waals surface area contributed by atoms with E-state index in [1.165, 1.54) is 0 Å². The van der Waals surface area contributed by atoms with Gasteiger partial charge in [0.2, 0.25) is 0 Å². The van der Waals surface area contributed by atoms with Gasteiger partial charge in [-0.2, -0.15) is 0 Å². The summed E-state index contributed by atoms with van der Waals surface area (Å²) in [5.74, 6) is 0. The summed E-state index contributed by atoms with van der Waals surface area (Å²) in [5.41, 5.74) is 0.719. The van der Waals surface area contributed by atoms with Gasteiger partial charge >= 0.3 is 0 Å². The Morgan fingerprint density at radius 3 is 2.50 bits per heavy atom. The van der Waals surface area contributed by atoms with E-state index in [0.717, 1.165) is 16.9 Å². The Morgan fingerprint density at radius 1 is 1.58 bits per heavy atom. The lowest BCUT2D eigenvalue weighted by molar-refractivity contribution is -0.00366. The Kier molecular flexibility index (Phi) is 3.04. The molecule has 68 valence electrons. The van der Waals surface area contributed by atoms with Gasteiger partial charge in [0, 0.05) is 0 Å². The van der Waals surface area contributed by atoms with Crippen molar-refractivity contribution >= 4 is 22.9 Å². The van der Waals surface area contributed by atoms with Crippen molar-refractivity contribution in [1.82, 2.24) is 0 Å². The molecule has 0 amide bonds. The van der Waals surface area contributed by atoms with Gasteiger partial charge in [-0.15, -0.1) is 11.3 Å². The van der Waals surface area contributed by atoms with Crippen molar-refractivity contribution in [2.24, 2.45) is 0 Å². The van der Waals surface area contributed by atoms with Crippen LogP contribution in [0, 0.1) is 6.92 Å². The lowest BCUT2D eigenvalue weighted by Gasteiger charge is -2.06. The Hall–Kier alpha value is -0.190. The molecule has 0 saturated heterocycles. The zero-order chi connectivity index (χ0) is 9.30. The van der Waals surface area contributed by atoms with Crippen LogP contribution in [0.15, 0.2) is 5.38 Å². The molecule has 0 aliphatic rings. The first-order chi connectivity index (χ1) is 5.54. The van der Waals surface area contributed by atoms with E-state index in [2.05, 4.69) is 0 Å². The zero-order valence-corrected chi connectivity index (χ0v) is 7.79. The van der Waals surface area contributed by atoms with E-state index in [9.17, 15) is 8.78 Å². The van der Waals surface area contributed by atoms with Crippen molar-refractivity contribution in [1.29, 1.82) is 0 Å². The fourth-order valence-electron chi connectivity index (χ4n) is 0.764. The van der Waals surface area contributed by atoms with Gasteiger partial charge in [0.05, 0.1) is 9.90 Å². The number of thiophene rings is 1. The maximum atomic E-state index is 12.0. The minimum Gasteiger partial charge on any atom is -0.382 e. The first kappa shape index (κ1) is 9.89. The molecule has 1 heterocycles. The third-order valence-corrected chi connectivity index (χ3v) is 3.22. The van der Waals surface area contributed by atoms with Crippen molar-refractivity contribution in [3.63, 3.8) is 0 Å². The van der Waals surface area contributed by atoms with Gasteiger partial charge in [-0.25, -0.2) is 8.78 Å². The summed E-state index contributed by atoms with van der Waals surface area (Å²) in [6.07, 6.45) is -4.53. The van der Waals surface area contributed by atoms with Crippen LogP contribution >= 0.6 is 22.9 Å². The number of aliphatic hydroxyl groups excluding tert-OH is 1. The highest BCUT2D eigenvalue weighted by Gasteiger charge is 2.23. The van der Waals surface area contributed by atoms with Crippen LogP contribution in [0.5, 0.6) is 0 Å². The lowest BCUT2D eigenvalue weighted by Crippen LogP contribution is -2.06. The van der Waals surface area contributed by atoms with Crippen LogP contribution in [-0.4, -0.2) is 11.5 Å². The van der Waals surface area contributed by atoms with Crippen molar-refractivity contribution in [2.75, 3.05) is 0 Å². The highest BCUT2D eigenvalue weighted by molar-refractivity contribution is 7.10. The minimum absolute atomic E-state index is 0.143. The Labute approximate surface area is 77.6 Å². The average molecular weight is 213 g/mol. The van der Waals surface area contributed by atoms with Gasteiger partial charge < -0.3 is 5.11 Å². The maximum Gasteiger partial charge on any atom is 0.269 e. The van der Waals surface area contributed by atoms with Gasteiger partial charge in [0.15, 0.2) is 6.10 Å². The number of hydrogen-bond donors (Lipinski definition) is 1. The monoisotopic (exact) mass is 212 g/mol. The van der Waals surface area contributed by atoms with Crippen LogP contribution in [0.25, 0.3) is 0 Å². The Balaban J connectivity index is 2.95. The third-order valence-electron chi connectivity index (χ3n) is 1.43. The average Bonchev–Trinajstić information content (AvgIpc) is 2.32. The highest BCUT2D eigenvalue weighted by atomic mass is 35.5. The normalized spacial score (nSPS) is 13.8. The van der Waals surface area contributed by atoms with E-state index in [1.807, 2.05) is 0 Å². The molecule has 1 atom stereocenters. The van der Waals surface area contributed by atoms with Crippen molar-refractivity contribution in [3.8, 4) is 0 Å². The molecule has 0 aliphatic carbocycles. The Morgan fingerprint density at radius 2 is 2.17 bits per heavy atom. The molecule has 0 aromatic carbocycles. The van der Waals surface area contributed by atoms with E-state index in [1.54, 1.807) is 12.3 Å². The van der Waals surface area contributed by atoms with E-state index < -0.39 is 12.5 Å². The molecule has 5 heteroatoms. The topological polar surface area (TPSA) is 20.2 Å². The van der Waals surface area contributed by atoms with Crippen LogP contribution in [0.4, 0.5) is 8.78 Å². The quantitative estimate of drug-likeness (QED) is 0.799. The molecule has 0 saturated carbocycles. The molecule has 1 rings (SSSR count). The first-order valence-electron chi connectivity index (χ1n) is 3.23. The van der Waals surface area contributed by atoms with Crippen LogP contribution in [0.2, 0.25) is 5.02 Å². The summed E-state index contributed by atoms with van der Waals surface area (Å²) in [6.45, 7) is 1.71. The zero-order valence-electron chi connectivity index (χ0n) is 6.22. The number of aliphatic hydroxyl groups is 1. The Bertz CT molecular complexity index is 274. The van der Waals surface area contributed by atoms with Crippen LogP contribution < -0.4 is 0 Å². The van der Waals surface area contributed by atoms with Gasteiger partial charge in [-0.1, -0.05) is 11.6 Å². The van der Waals surface area contributed by atoms with Crippen molar-refractivity contribution < 1.29 is 13.9 Å².